The predicted octanol–water partition coefficient (Wildman–Crippen LogP) is 0.622. The van der Waals surface area contributed by atoms with Gasteiger partial charge in [0.1, 0.15) is 0 Å². The first-order valence-electron chi connectivity index (χ1n) is 5.90. The first-order chi connectivity index (χ1) is 9.49. The van der Waals surface area contributed by atoms with Crippen molar-refractivity contribution in [1.82, 2.24) is 10.0 Å². The number of hydrogen-bond acceptors (Lipinski definition) is 4. The highest BCUT2D eigenvalue weighted by Gasteiger charge is 2.15. The van der Waals surface area contributed by atoms with E-state index in [-0.39, 0.29) is 11.4 Å². The van der Waals surface area contributed by atoms with Crippen molar-refractivity contribution in [2.45, 2.75) is 10.2 Å². The van der Waals surface area contributed by atoms with Gasteiger partial charge in [0, 0.05) is 19.0 Å². The van der Waals surface area contributed by atoms with Gasteiger partial charge in [-0.15, -0.1) is 0 Å². The predicted molar refractivity (Wildman–Crippen MR) is 79.1 cm³/mol. The number of hydrogen-bond donors (Lipinski definition) is 2. The molecule has 0 saturated heterocycles. The molecule has 0 aromatic heterocycles. The number of sulfonamides is 1. The normalized spacial score (nSPS) is 11.3. The standard InChI is InChI=1S/C12H17BrN2O4S/c1-19-7-6-14-12(16)9-15-20(17,18)11-4-2-10(8-13)3-5-11/h2-5,15H,6-9H2,1H3,(H,14,16). The summed E-state index contributed by atoms with van der Waals surface area (Å²) in [6.07, 6.45) is 0. The molecule has 0 unspecified atom stereocenters. The van der Waals surface area contributed by atoms with Crippen molar-refractivity contribution in [1.29, 1.82) is 0 Å². The average molecular weight is 365 g/mol. The van der Waals surface area contributed by atoms with Crippen LogP contribution in [0.4, 0.5) is 0 Å². The number of amides is 1. The number of halogens is 1. The van der Waals surface area contributed by atoms with E-state index < -0.39 is 15.9 Å². The van der Waals surface area contributed by atoms with Crippen LogP contribution in [0.5, 0.6) is 0 Å². The van der Waals surface area contributed by atoms with E-state index in [4.69, 9.17) is 4.74 Å². The van der Waals surface area contributed by atoms with Crippen LogP contribution in [-0.4, -0.2) is 41.1 Å². The van der Waals surface area contributed by atoms with Crippen molar-refractivity contribution in [2.75, 3.05) is 26.8 Å². The second-order valence-corrected chi connectivity index (χ2v) is 6.27. The summed E-state index contributed by atoms with van der Waals surface area (Å²) >= 11 is 3.28. The second-order valence-electron chi connectivity index (χ2n) is 3.94. The molecule has 6 nitrogen and oxygen atoms in total. The van der Waals surface area contributed by atoms with E-state index in [0.717, 1.165) is 5.56 Å². The molecule has 1 aromatic rings. The summed E-state index contributed by atoms with van der Waals surface area (Å²) in [5.74, 6) is -0.400. The van der Waals surface area contributed by atoms with Crippen LogP contribution in [0.25, 0.3) is 0 Å². The Labute approximate surface area is 127 Å². The maximum atomic E-state index is 11.9. The summed E-state index contributed by atoms with van der Waals surface area (Å²) in [7, 11) is -2.15. The summed E-state index contributed by atoms with van der Waals surface area (Å²) in [6.45, 7) is 0.426. The van der Waals surface area contributed by atoms with Gasteiger partial charge in [0.05, 0.1) is 18.0 Å². The molecule has 1 amide bonds. The summed E-state index contributed by atoms with van der Waals surface area (Å²) in [5, 5.41) is 3.18. The molecule has 112 valence electrons. The van der Waals surface area contributed by atoms with E-state index in [1.54, 1.807) is 12.1 Å². The molecule has 0 aliphatic rings. The summed E-state index contributed by atoms with van der Waals surface area (Å²) in [6, 6.07) is 6.42. The molecule has 0 aliphatic carbocycles. The molecule has 0 bridgehead atoms. The Morgan fingerprint density at radius 2 is 1.95 bits per heavy atom. The first kappa shape index (κ1) is 17.1. The fraction of sp³-hybridized carbons (Fsp3) is 0.417. The van der Waals surface area contributed by atoms with E-state index in [1.165, 1.54) is 19.2 Å². The molecule has 0 heterocycles. The molecule has 0 spiro atoms. The van der Waals surface area contributed by atoms with Crippen LogP contribution in [0.2, 0.25) is 0 Å². The Morgan fingerprint density at radius 1 is 1.30 bits per heavy atom. The number of carbonyl (C=O) groups is 1. The highest BCUT2D eigenvalue weighted by Crippen LogP contribution is 2.12. The average Bonchev–Trinajstić information content (AvgIpc) is 2.45. The maximum Gasteiger partial charge on any atom is 0.241 e. The lowest BCUT2D eigenvalue weighted by Crippen LogP contribution is -2.38. The molecule has 1 rings (SSSR count). The number of ether oxygens (including phenoxy) is 1. The van der Waals surface area contributed by atoms with Gasteiger partial charge >= 0.3 is 0 Å². The molecule has 0 fully saturated rings. The van der Waals surface area contributed by atoms with Crippen LogP contribution in [0, 0.1) is 0 Å². The molecule has 0 saturated carbocycles. The van der Waals surface area contributed by atoms with Crippen LogP contribution < -0.4 is 10.0 Å². The number of rotatable bonds is 8. The van der Waals surface area contributed by atoms with Crippen molar-refractivity contribution in [3.63, 3.8) is 0 Å². The van der Waals surface area contributed by atoms with Gasteiger partial charge in [-0.3, -0.25) is 4.79 Å². The zero-order valence-corrected chi connectivity index (χ0v) is 13.5. The van der Waals surface area contributed by atoms with Crippen LogP contribution in [0.15, 0.2) is 29.2 Å². The monoisotopic (exact) mass is 364 g/mol. The zero-order valence-electron chi connectivity index (χ0n) is 11.1. The minimum Gasteiger partial charge on any atom is -0.383 e. The number of carbonyl (C=O) groups excluding carboxylic acids is 1. The Morgan fingerprint density at radius 3 is 2.50 bits per heavy atom. The smallest absolute Gasteiger partial charge is 0.241 e. The Balaban J connectivity index is 2.54. The van der Waals surface area contributed by atoms with E-state index >= 15 is 0 Å². The third-order valence-corrected chi connectivity index (χ3v) is 4.50. The van der Waals surface area contributed by atoms with Crippen molar-refractivity contribution in [2.24, 2.45) is 0 Å². The summed E-state index contributed by atoms with van der Waals surface area (Å²) < 4.78 is 30.9. The van der Waals surface area contributed by atoms with Crippen LogP contribution in [-0.2, 0) is 24.9 Å². The fourth-order valence-electron chi connectivity index (χ4n) is 1.36. The highest BCUT2D eigenvalue weighted by molar-refractivity contribution is 9.08. The molecular weight excluding hydrogens is 348 g/mol. The minimum atomic E-state index is -3.67. The van der Waals surface area contributed by atoms with Gasteiger partial charge in [-0.1, -0.05) is 28.1 Å². The van der Waals surface area contributed by atoms with Gasteiger partial charge in [-0.05, 0) is 17.7 Å². The molecule has 0 aliphatic heterocycles. The van der Waals surface area contributed by atoms with Gasteiger partial charge < -0.3 is 10.1 Å². The van der Waals surface area contributed by atoms with Crippen molar-refractivity contribution in [3.05, 3.63) is 29.8 Å². The molecule has 1 aromatic carbocycles. The van der Waals surface area contributed by atoms with Gasteiger partial charge in [0.2, 0.25) is 15.9 Å². The molecule has 2 N–H and O–H groups in total. The largest absolute Gasteiger partial charge is 0.383 e. The SMILES string of the molecule is COCCNC(=O)CNS(=O)(=O)c1ccc(CBr)cc1. The van der Waals surface area contributed by atoms with Gasteiger partial charge in [-0.2, -0.15) is 0 Å². The van der Waals surface area contributed by atoms with E-state index in [1.807, 2.05) is 0 Å². The van der Waals surface area contributed by atoms with Crippen LogP contribution in [0.1, 0.15) is 5.56 Å². The maximum absolute atomic E-state index is 11.9. The molecule has 8 heteroatoms. The van der Waals surface area contributed by atoms with E-state index in [0.29, 0.717) is 18.5 Å². The van der Waals surface area contributed by atoms with Crippen molar-refractivity contribution >= 4 is 31.9 Å². The summed E-state index contributed by atoms with van der Waals surface area (Å²) in [4.78, 5) is 11.5. The molecule has 20 heavy (non-hydrogen) atoms. The first-order valence-corrected chi connectivity index (χ1v) is 8.50. The zero-order chi connectivity index (χ0) is 15.0. The fourth-order valence-corrected chi connectivity index (χ4v) is 2.71. The number of nitrogens with one attached hydrogen (secondary N) is 2. The molecule has 0 radical (unpaired) electrons. The van der Waals surface area contributed by atoms with Crippen molar-refractivity contribution < 1.29 is 17.9 Å². The van der Waals surface area contributed by atoms with Gasteiger partial charge in [0.25, 0.3) is 0 Å². The number of benzene rings is 1. The van der Waals surface area contributed by atoms with Gasteiger partial charge in [0.15, 0.2) is 0 Å². The third kappa shape index (κ3) is 5.58. The van der Waals surface area contributed by atoms with E-state index in [9.17, 15) is 13.2 Å². The third-order valence-electron chi connectivity index (χ3n) is 2.44. The van der Waals surface area contributed by atoms with Crippen LogP contribution >= 0.6 is 15.9 Å². The van der Waals surface area contributed by atoms with Gasteiger partial charge in [-0.25, -0.2) is 13.1 Å². The molecular formula is C12H17BrN2O4S. The van der Waals surface area contributed by atoms with E-state index in [2.05, 4.69) is 26.0 Å². The quantitative estimate of drug-likeness (QED) is 0.523. The topological polar surface area (TPSA) is 84.5 Å². The van der Waals surface area contributed by atoms with Crippen molar-refractivity contribution in [3.8, 4) is 0 Å². The van der Waals surface area contributed by atoms with Crippen LogP contribution in [0.3, 0.4) is 0 Å². The Kier molecular flexibility index (Phi) is 7.14. The lowest BCUT2D eigenvalue weighted by molar-refractivity contribution is -0.120. The number of methoxy groups -OCH3 is 1. The second kappa shape index (κ2) is 8.35. The lowest BCUT2D eigenvalue weighted by atomic mass is 10.2. The summed E-state index contributed by atoms with van der Waals surface area (Å²) in [5.41, 5.74) is 0.973. The molecule has 0 atom stereocenters. The number of alkyl halides is 1. The highest BCUT2D eigenvalue weighted by atomic mass is 79.9. The Bertz CT molecular complexity index is 531. The Hall–Kier alpha value is -0.960. The lowest BCUT2D eigenvalue weighted by Gasteiger charge is -2.08. The minimum absolute atomic E-state index is 0.131.